The van der Waals surface area contributed by atoms with Crippen molar-refractivity contribution in [3.05, 3.63) is 0 Å². The predicted octanol–water partition coefficient (Wildman–Crippen LogP) is 2.18. The van der Waals surface area contributed by atoms with Gasteiger partial charge in [-0.25, -0.2) is 9.59 Å². The summed E-state index contributed by atoms with van der Waals surface area (Å²) in [6, 6.07) is -3.56. The molecule has 0 aliphatic carbocycles. The summed E-state index contributed by atoms with van der Waals surface area (Å²) >= 11 is 4.98. The van der Waals surface area contributed by atoms with E-state index in [1.165, 1.54) is 26.1 Å². The molecule has 0 aromatic rings. The zero-order valence-corrected chi connectivity index (χ0v) is 10.7. The highest BCUT2D eigenvalue weighted by molar-refractivity contribution is 6.17. The normalized spacial score (nSPS) is 13.7. The molecule has 0 rings (SSSR count). The molecule has 0 bridgehead atoms. The molecule has 106 valence electrons. The Morgan fingerprint density at radius 1 is 1.28 bits per heavy atom. The minimum atomic E-state index is -5.00. The first-order valence-electron chi connectivity index (χ1n) is 4.76. The highest BCUT2D eigenvalue weighted by atomic mass is 35.5. The molecule has 1 atom stereocenters. The number of esters is 1. The van der Waals surface area contributed by atoms with Crippen LogP contribution in [0.1, 0.15) is 20.8 Å². The van der Waals surface area contributed by atoms with E-state index in [2.05, 4.69) is 9.47 Å². The first kappa shape index (κ1) is 16.8. The quantitative estimate of drug-likeness (QED) is 0.639. The minimum absolute atomic E-state index is 0.749. The van der Waals surface area contributed by atoms with E-state index in [9.17, 15) is 22.8 Å². The van der Waals surface area contributed by atoms with Crippen molar-refractivity contribution >= 4 is 23.7 Å². The first-order valence-corrected chi connectivity index (χ1v) is 5.29. The second kappa shape index (κ2) is 6.12. The summed E-state index contributed by atoms with van der Waals surface area (Å²) in [4.78, 5) is 22.1. The van der Waals surface area contributed by atoms with Gasteiger partial charge in [0.2, 0.25) is 6.04 Å². The van der Waals surface area contributed by atoms with Crippen molar-refractivity contribution in [1.29, 1.82) is 0 Å². The molecule has 0 aromatic heterocycles. The first-order chi connectivity index (χ1) is 7.97. The second-order valence-corrected chi connectivity index (χ2v) is 4.41. The fourth-order valence-corrected chi connectivity index (χ4v) is 0.944. The maximum atomic E-state index is 12.5. The fourth-order valence-electron chi connectivity index (χ4n) is 0.837. The largest absolute Gasteiger partial charge is 0.448 e. The Morgan fingerprint density at radius 2 is 1.78 bits per heavy atom. The van der Waals surface area contributed by atoms with Gasteiger partial charge in [-0.3, -0.25) is 5.32 Å². The van der Waals surface area contributed by atoms with Crippen LogP contribution in [-0.4, -0.2) is 35.9 Å². The van der Waals surface area contributed by atoms with Gasteiger partial charge in [0.25, 0.3) is 0 Å². The van der Waals surface area contributed by atoms with Crippen molar-refractivity contribution in [2.75, 3.05) is 6.07 Å². The molecule has 5 nitrogen and oxygen atoms in total. The number of halogens is 4. The molecular weight excluding hydrogens is 279 g/mol. The SMILES string of the molecule is CC(C)(C)OC(=O)NC(C(=O)OCCl)C(F)(F)F. The molecule has 0 spiro atoms. The number of hydrogen-bond donors (Lipinski definition) is 1. The standard InChI is InChI=1S/C9H13ClF3NO4/c1-8(2,3)18-7(16)14-5(9(11,12)13)6(15)17-4-10/h5H,4H2,1-3H3,(H,14,16). The maximum absolute atomic E-state index is 12.5. The van der Waals surface area contributed by atoms with E-state index < -0.39 is 35.9 Å². The Bertz CT molecular complexity index is 314. The number of hydrogen-bond acceptors (Lipinski definition) is 4. The molecule has 9 heteroatoms. The Labute approximate surface area is 107 Å². The molecule has 1 unspecified atom stereocenters. The number of rotatable bonds is 3. The molecule has 1 amide bonds. The van der Waals surface area contributed by atoms with Crippen LogP contribution in [0.4, 0.5) is 18.0 Å². The van der Waals surface area contributed by atoms with Crippen molar-refractivity contribution in [1.82, 2.24) is 5.32 Å². The van der Waals surface area contributed by atoms with Crippen LogP contribution in [0.2, 0.25) is 0 Å². The Balaban J connectivity index is 4.72. The average Bonchev–Trinajstić information content (AvgIpc) is 2.09. The second-order valence-electron chi connectivity index (χ2n) is 4.19. The van der Waals surface area contributed by atoms with E-state index in [4.69, 9.17) is 11.6 Å². The van der Waals surface area contributed by atoms with Crippen molar-refractivity contribution < 1.29 is 32.2 Å². The number of carbonyl (C=O) groups excluding carboxylic acids is 2. The Hall–Kier alpha value is -1.18. The molecule has 0 heterocycles. The van der Waals surface area contributed by atoms with Crippen LogP contribution in [0.15, 0.2) is 0 Å². The summed E-state index contributed by atoms with van der Waals surface area (Å²) in [5, 5.41) is 1.38. The zero-order valence-electron chi connectivity index (χ0n) is 9.93. The van der Waals surface area contributed by atoms with Crippen LogP contribution in [0.25, 0.3) is 0 Å². The lowest BCUT2D eigenvalue weighted by molar-refractivity contribution is -0.182. The third-order valence-electron chi connectivity index (χ3n) is 1.42. The Kier molecular flexibility index (Phi) is 5.72. The summed E-state index contributed by atoms with van der Waals surface area (Å²) in [6.45, 7) is 4.39. The molecule has 0 saturated heterocycles. The predicted molar refractivity (Wildman–Crippen MR) is 56.0 cm³/mol. The van der Waals surface area contributed by atoms with Gasteiger partial charge < -0.3 is 9.47 Å². The number of amides is 1. The van der Waals surface area contributed by atoms with E-state index >= 15 is 0 Å². The van der Waals surface area contributed by atoms with Crippen LogP contribution in [0.5, 0.6) is 0 Å². The molecule has 18 heavy (non-hydrogen) atoms. The molecule has 0 aromatic carbocycles. The molecule has 1 N–H and O–H groups in total. The van der Waals surface area contributed by atoms with Crippen molar-refractivity contribution in [2.24, 2.45) is 0 Å². The molecular formula is C9H13ClF3NO4. The van der Waals surface area contributed by atoms with Crippen LogP contribution in [0, 0.1) is 0 Å². The van der Waals surface area contributed by atoms with E-state index in [1.807, 2.05) is 0 Å². The summed E-state index contributed by atoms with van der Waals surface area (Å²) in [6.07, 6.45) is -6.38. The summed E-state index contributed by atoms with van der Waals surface area (Å²) < 4.78 is 46.0. The Morgan fingerprint density at radius 3 is 2.11 bits per heavy atom. The third kappa shape index (κ3) is 6.53. The number of carbonyl (C=O) groups is 2. The number of nitrogens with one attached hydrogen (secondary N) is 1. The van der Waals surface area contributed by atoms with Crippen LogP contribution >= 0.6 is 11.6 Å². The lowest BCUT2D eigenvalue weighted by atomic mass is 10.2. The minimum Gasteiger partial charge on any atom is -0.448 e. The van der Waals surface area contributed by atoms with Gasteiger partial charge in [-0.05, 0) is 20.8 Å². The van der Waals surface area contributed by atoms with E-state index in [1.54, 1.807) is 0 Å². The van der Waals surface area contributed by atoms with Crippen molar-refractivity contribution in [2.45, 2.75) is 38.6 Å². The van der Waals surface area contributed by atoms with E-state index in [-0.39, 0.29) is 0 Å². The van der Waals surface area contributed by atoms with Gasteiger partial charge in [0.05, 0.1) is 0 Å². The summed E-state index contributed by atoms with van der Waals surface area (Å²) in [5.74, 6) is -1.71. The van der Waals surface area contributed by atoms with Crippen LogP contribution in [0.3, 0.4) is 0 Å². The highest BCUT2D eigenvalue weighted by Gasteiger charge is 2.47. The van der Waals surface area contributed by atoms with E-state index in [0.29, 0.717) is 0 Å². The number of ether oxygens (including phenoxy) is 2. The van der Waals surface area contributed by atoms with Gasteiger partial charge in [0, 0.05) is 0 Å². The molecule has 0 radical (unpaired) electrons. The van der Waals surface area contributed by atoms with Gasteiger partial charge in [-0.1, -0.05) is 11.6 Å². The number of alkyl halides is 4. The van der Waals surface area contributed by atoms with Gasteiger partial charge in [-0.2, -0.15) is 13.2 Å². The monoisotopic (exact) mass is 291 g/mol. The van der Waals surface area contributed by atoms with E-state index in [0.717, 1.165) is 0 Å². The van der Waals surface area contributed by atoms with Crippen molar-refractivity contribution in [3.63, 3.8) is 0 Å². The lowest BCUT2D eigenvalue weighted by Gasteiger charge is -2.23. The van der Waals surface area contributed by atoms with Crippen molar-refractivity contribution in [3.8, 4) is 0 Å². The average molecular weight is 292 g/mol. The third-order valence-corrected chi connectivity index (χ3v) is 1.53. The summed E-state index contributed by atoms with van der Waals surface area (Å²) in [7, 11) is 0. The lowest BCUT2D eigenvalue weighted by Crippen LogP contribution is -2.52. The van der Waals surface area contributed by atoms with Crippen LogP contribution < -0.4 is 5.32 Å². The molecule has 0 fully saturated rings. The number of alkyl carbamates (subject to hydrolysis) is 1. The van der Waals surface area contributed by atoms with Gasteiger partial charge >= 0.3 is 18.2 Å². The maximum Gasteiger partial charge on any atom is 0.419 e. The van der Waals surface area contributed by atoms with Gasteiger partial charge in [0.1, 0.15) is 5.60 Å². The smallest absolute Gasteiger partial charge is 0.419 e. The zero-order chi connectivity index (χ0) is 14.6. The molecule has 0 saturated carbocycles. The highest BCUT2D eigenvalue weighted by Crippen LogP contribution is 2.22. The summed E-state index contributed by atoms with van der Waals surface area (Å²) in [5.41, 5.74) is -0.989. The van der Waals surface area contributed by atoms with Gasteiger partial charge in [0.15, 0.2) is 6.07 Å². The fraction of sp³-hybridized carbons (Fsp3) is 0.778. The van der Waals surface area contributed by atoms with Crippen LogP contribution in [-0.2, 0) is 14.3 Å². The van der Waals surface area contributed by atoms with Gasteiger partial charge in [-0.15, -0.1) is 0 Å². The molecule has 0 aliphatic heterocycles. The topological polar surface area (TPSA) is 64.6 Å². The molecule has 0 aliphatic rings.